The molecule has 37 heavy (non-hydrogen) atoms. The Morgan fingerprint density at radius 3 is 2.95 bits per heavy atom. The van der Waals surface area contributed by atoms with Gasteiger partial charge in [-0.25, -0.2) is 19.2 Å². The number of pyridine rings is 1. The van der Waals surface area contributed by atoms with Gasteiger partial charge >= 0.3 is 5.97 Å². The second-order valence-electron chi connectivity index (χ2n) is 7.80. The second-order valence-corrected chi connectivity index (χ2v) is 11.1. The molecule has 1 fully saturated rings. The molecule has 16 heteroatoms. The van der Waals surface area contributed by atoms with Crippen molar-refractivity contribution >= 4 is 73.3 Å². The Hall–Kier alpha value is -3.63. The molecule has 2 aliphatic rings. The van der Waals surface area contributed by atoms with Gasteiger partial charge in [-0.2, -0.15) is 0 Å². The SMILES string of the molecule is Nc1nc(/C(=N/OCCF)C(=O)N[C@H]2C(=O)N3C(C(=O)O)=C(Sc4nc5cnccc5s4)CC[C@@H]23)cs1. The number of alkyl halides is 1. The number of nitrogen functional groups attached to an aromatic ring is 1. The first-order chi connectivity index (χ1) is 17.9. The number of nitrogens with two attached hydrogens (primary N) is 1. The van der Waals surface area contributed by atoms with Gasteiger partial charge in [0.2, 0.25) is 0 Å². The molecule has 2 amide bonds. The van der Waals surface area contributed by atoms with Gasteiger partial charge in [0, 0.05) is 16.5 Å². The van der Waals surface area contributed by atoms with Gasteiger partial charge in [-0.3, -0.25) is 19.5 Å². The minimum atomic E-state index is -1.24. The fourth-order valence-electron chi connectivity index (χ4n) is 3.99. The van der Waals surface area contributed by atoms with Crippen LogP contribution in [0.4, 0.5) is 9.52 Å². The molecule has 0 bridgehead atoms. The fraction of sp³-hybridized carbons (Fsp3) is 0.286. The number of hydrogen-bond donors (Lipinski definition) is 3. The number of rotatable bonds is 9. The molecular weight excluding hydrogens is 545 g/mol. The number of anilines is 1. The maximum Gasteiger partial charge on any atom is 0.353 e. The van der Waals surface area contributed by atoms with Crippen molar-refractivity contribution in [3.8, 4) is 0 Å². The number of allylic oxidation sites excluding steroid dienone is 1. The van der Waals surface area contributed by atoms with E-state index < -0.39 is 36.5 Å². The smallest absolute Gasteiger partial charge is 0.353 e. The highest BCUT2D eigenvalue weighted by atomic mass is 32.2. The molecule has 0 aromatic carbocycles. The Morgan fingerprint density at radius 2 is 2.24 bits per heavy atom. The number of nitrogens with zero attached hydrogens (tertiary/aromatic N) is 5. The molecule has 2 atom stereocenters. The van der Waals surface area contributed by atoms with Crippen molar-refractivity contribution < 1.29 is 28.7 Å². The molecule has 3 aromatic rings. The molecule has 12 nitrogen and oxygen atoms in total. The molecule has 0 radical (unpaired) electrons. The first-order valence-corrected chi connectivity index (χ1v) is 13.3. The number of thioether (sulfide) groups is 1. The predicted molar refractivity (Wildman–Crippen MR) is 135 cm³/mol. The maximum atomic E-state index is 13.0. The topological polar surface area (TPSA) is 173 Å². The highest BCUT2D eigenvalue weighted by Crippen LogP contribution is 2.44. The number of aromatic nitrogens is 3. The minimum Gasteiger partial charge on any atom is -0.477 e. The van der Waals surface area contributed by atoms with Crippen molar-refractivity contribution in [3.05, 3.63) is 40.1 Å². The third-order valence-electron chi connectivity index (χ3n) is 5.57. The minimum absolute atomic E-state index is 0.113. The largest absolute Gasteiger partial charge is 0.477 e. The van der Waals surface area contributed by atoms with Crippen molar-refractivity contribution in [2.45, 2.75) is 29.3 Å². The summed E-state index contributed by atoms with van der Waals surface area (Å²) >= 11 is 3.69. The lowest BCUT2D eigenvalue weighted by atomic mass is 9.86. The molecule has 192 valence electrons. The standard InChI is InChI=1S/C21H18FN7O5S3/c22-4-6-34-28-14(10-8-35-20(23)25-10)17(30)27-15-11-1-2-13(16(19(32)33)29(11)18(15)31)37-21-26-9-7-24-5-3-12(9)36-21/h3,5,7-8,11,15H,1-2,4,6H2,(H2,23,25)(H,27,30)(H,32,33)/b28-14-/t11-,15+/m0/s1. The third-order valence-corrected chi connectivity index (χ3v) is 8.48. The molecule has 1 saturated heterocycles. The number of nitrogens with one attached hydrogen (secondary N) is 1. The number of hydrogen-bond acceptors (Lipinski definition) is 12. The quantitative estimate of drug-likeness (QED) is 0.151. The zero-order chi connectivity index (χ0) is 26.1. The summed E-state index contributed by atoms with van der Waals surface area (Å²) < 4.78 is 14.0. The van der Waals surface area contributed by atoms with Crippen LogP contribution in [0, 0.1) is 0 Å². The maximum absolute atomic E-state index is 13.0. The van der Waals surface area contributed by atoms with Gasteiger partial charge in [0.05, 0.1) is 16.9 Å². The van der Waals surface area contributed by atoms with E-state index in [1.807, 2.05) is 6.07 Å². The van der Waals surface area contributed by atoms with Gasteiger partial charge in [0.15, 0.2) is 15.2 Å². The van der Waals surface area contributed by atoms with Crippen LogP contribution in [0.2, 0.25) is 0 Å². The first kappa shape index (κ1) is 25.0. The molecule has 5 rings (SSSR count). The van der Waals surface area contributed by atoms with E-state index in [-0.39, 0.29) is 28.8 Å². The number of thiazole rings is 2. The van der Waals surface area contributed by atoms with Crippen molar-refractivity contribution in [1.29, 1.82) is 0 Å². The van der Waals surface area contributed by atoms with E-state index in [0.29, 0.717) is 27.6 Å². The summed E-state index contributed by atoms with van der Waals surface area (Å²) in [4.78, 5) is 57.2. The van der Waals surface area contributed by atoms with Crippen LogP contribution in [0.5, 0.6) is 0 Å². The Labute approximate surface area is 220 Å². The van der Waals surface area contributed by atoms with E-state index in [0.717, 1.165) is 16.0 Å². The normalized spacial score (nSPS) is 19.5. The van der Waals surface area contributed by atoms with Crippen molar-refractivity contribution in [2.24, 2.45) is 5.16 Å². The molecule has 0 saturated carbocycles. The third kappa shape index (κ3) is 4.86. The van der Waals surface area contributed by atoms with E-state index in [1.54, 1.807) is 12.4 Å². The van der Waals surface area contributed by atoms with Crippen LogP contribution in [-0.4, -0.2) is 73.8 Å². The zero-order valence-electron chi connectivity index (χ0n) is 18.8. The summed E-state index contributed by atoms with van der Waals surface area (Å²) in [5.74, 6) is -2.58. The van der Waals surface area contributed by atoms with Crippen LogP contribution in [0.25, 0.3) is 10.2 Å². The van der Waals surface area contributed by atoms with E-state index in [4.69, 9.17) is 10.6 Å². The second kappa shape index (κ2) is 10.4. The fourth-order valence-corrected chi connectivity index (χ4v) is 6.80. The molecule has 0 spiro atoms. The number of fused-ring (bicyclic) bond motifs is 2. The summed E-state index contributed by atoms with van der Waals surface area (Å²) in [6, 6.07) is 0.302. The number of carboxylic acid groups (broad SMARTS) is 1. The average molecular weight is 564 g/mol. The Kier molecular flexibility index (Phi) is 7.03. The lowest BCUT2D eigenvalue weighted by Crippen LogP contribution is -2.72. The number of carbonyl (C=O) groups excluding carboxylic acids is 2. The molecule has 0 aliphatic carbocycles. The van der Waals surface area contributed by atoms with E-state index in [2.05, 4.69) is 25.4 Å². The Balaban J connectivity index is 1.34. The van der Waals surface area contributed by atoms with Gasteiger partial charge in [-0.1, -0.05) is 16.9 Å². The van der Waals surface area contributed by atoms with Gasteiger partial charge in [0.25, 0.3) is 11.8 Å². The average Bonchev–Trinajstić information content (AvgIpc) is 3.50. The lowest BCUT2D eigenvalue weighted by molar-refractivity contribution is -0.155. The van der Waals surface area contributed by atoms with Crippen molar-refractivity contribution in [3.63, 3.8) is 0 Å². The monoisotopic (exact) mass is 563 g/mol. The molecular formula is C21H18FN7O5S3. The summed E-state index contributed by atoms with van der Waals surface area (Å²) in [5.41, 5.74) is 6.07. The summed E-state index contributed by atoms with van der Waals surface area (Å²) in [6.07, 6.45) is 4.09. The molecule has 4 N–H and O–H groups in total. The number of halogens is 1. The predicted octanol–water partition coefficient (Wildman–Crippen LogP) is 2.00. The number of carbonyl (C=O) groups is 3. The van der Waals surface area contributed by atoms with Crippen LogP contribution in [0.3, 0.4) is 0 Å². The van der Waals surface area contributed by atoms with Gasteiger partial charge in [-0.15, -0.1) is 22.7 Å². The highest BCUT2D eigenvalue weighted by Gasteiger charge is 2.54. The Bertz CT molecular complexity index is 1420. The summed E-state index contributed by atoms with van der Waals surface area (Å²) in [7, 11) is 0. The first-order valence-electron chi connectivity index (χ1n) is 10.8. The van der Waals surface area contributed by atoms with Crippen LogP contribution >= 0.6 is 34.4 Å². The van der Waals surface area contributed by atoms with Gasteiger partial charge in [-0.05, 0) is 18.9 Å². The molecule has 5 heterocycles. The number of oxime groups is 1. The zero-order valence-corrected chi connectivity index (χ0v) is 21.2. The van der Waals surface area contributed by atoms with Crippen molar-refractivity contribution in [2.75, 3.05) is 19.0 Å². The van der Waals surface area contributed by atoms with E-state index in [9.17, 15) is 23.9 Å². The van der Waals surface area contributed by atoms with Crippen LogP contribution in [0.15, 0.2) is 43.9 Å². The number of β-lactam (4-membered cyclic amide) rings is 1. The van der Waals surface area contributed by atoms with E-state index in [1.165, 1.54) is 33.4 Å². The van der Waals surface area contributed by atoms with Gasteiger partial charge < -0.3 is 21.0 Å². The van der Waals surface area contributed by atoms with Crippen LogP contribution in [-0.2, 0) is 19.2 Å². The number of carboxylic acids is 1. The Morgan fingerprint density at radius 1 is 1.41 bits per heavy atom. The van der Waals surface area contributed by atoms with E-state index >= 15 is 0 Å². The lowest BCUT2D eigenvalue weighted by Gasteiger charge is -2.49. The molecule has 3 aromatic heterocycles. The van der Waals surface area contributed by atoms with Crippen LogP contribution < -0.4 is 11.1 Å². The summed E-state index contributed by atoms with van der Waals surface area (Å²) in [5, 5.41) is 17.9. The van der Waals surface area contributed by atoms with Crippen molar-refractivity contribution in [1.82, 2.24) is 25.2 Å². The molecule has 2 aliphatic heterocycles. The highest BCUT2D eigenvalue weighted by molar-refractivity contribution is 8.04. The summed E-state index contributed by atoms with van der Waals surface area (Å²) in [6.45, 7) is -1.18. The number of aliphatic carboxylic acids is 1. The van der Waals surface area contributed by atoms with Crippen LogP contribution in [0.1, 0.15) is 18.5 Å². The number of amides is 2. The molecule has 0 unspecified atom stereocenters. The van der Waals surface area contributed by atoms with Gasteiger partial charge in [0.1, 0.15) is 36.2 Å².